The second-order valence-corrected chi connectivity index (χ2v) is 6.67. The summed E-state index contributed by atoms with van der Waals surface area (Å²) in [6.07, 6.45) is 3.80. The molecule has 2 heterocycles. The molecular formula is C20H22N4O. The van der Waals surface area contributed by atoms with Gasteiger partial charge in [0.2, 0.25) is 0 Å². The molecule has 0 radical (unpaired) electrons. The predicted molar refractivity (Wildman–Crippen MR) is 99.2 cm³/mol. The average Bonchev–Trinajstić information content (AvgIpc) is 3.05. The first-order chi connectivity index (χ1) is 12.2. The Hall–Kier alpha value is -2.66. The van der Waals surface area contributed by atoms with Crippen molar-refractivity contribution in [3.8, 4) is 5.69 Å². The van der Waals surface area contributed by atoms with Crippen LogP contribution in [0, 0.1) is 6.92 Å². The minimum Gasteiger partial charge on any atom is -0.349 e. The molecule has 1 aromatic heterocycles. The van der Waals surface area contributed by atoms with Gasteiger partial charge < -0.3 is 10.6 Å². The summed E-state index contributed by atoms with van der Waals surface area (Å²) in [5.74, 6) is -0.00853. The van der Waals surface area contributed by atoms with E-state index in [1.807, 2.05) is 41.2 Å². The van der Waals surface area contributed by atoms with Crippen LogP contribution in [0.5, 0.6) is 0 Å². The molecule has 5 heteroatoms. The second-order valence-electron chi connectivity index (χ2n) is 6.67. The van der Waals surface area contributed by atoms with Crippen LogP contribution in [0.2, 0.25) is 0 Å². The molecule has 1 saturated heterocycles. The molecule has 2 N–H and O–H groups in total. The Labute approximate surface area is 147 Å². The van der Waals surface area contributed by atoms with Gasteiger partial charge in [0.05, 0.1) is 17.4 Å². The highest BCUT2D eigenvalue weighted by molar-refractivity contribution is 5.98. The Kier molecular flexibility index (Phi) is 4.24. The smallest absolute Gasteiger partial charge is 0.251 e. The number of piperidine rings is 1. The first-order valence-electron chi connectivity index (χ1n) is 8.77. The molecule has 4 rings (SSSR count). The van der Waals surface area contributed by atoms with Crippen LogP contribution in [0.1, 0.15) is 28.8 Å². The van der Waals surface area contributed by atoms with Gasteiger partial charge in [-0.25, -0.2) is 4.68 Å². The number of fused-ring (bicyclic) bond motifs is 1. The molecule has 1 aliphatic rings. The molecule has 1 fully saturated rings. The summed E-state index contributed by atoms with van der Waals surface area (Å²) in [5.41, 5.74) is 3.82. The highest BCUT2D eigenvalue weighted by Gasteiger charge is 2.17. The standard InChI is InChI=1S/C20H22N4O/c1-14-3-2-4-18(11-14)24-19-12-15(5-6-16(19)13-22-24)20(25)23-17-7-9-21-10-8-17/h2-6,11-13,17,21H,7-10H2,1H3,(H,23,25). The topological polar surface area (TPSA) is 59.0 Å². The van der Waals surface area contributed by atoms with Crippen molar-refractivity contribution in [3.05, 3.63) is 59.8 Å². The van der Waals surface area contributed by atoms with Crippen LogP contribution in [-0.4, -0.2) is 34.8 Å². The fourth-order valence-corrected chi connectivity index (χ4v) is 3.36. The van der Waals surface area contributed by atoms with Crippen LogP contribution in [0.15, 0.2) is 48.7 Å². The number of nitrogens with zero attached hydrogens (tertiary/aromatic N) is 2. The molecule has 1 amide bonds. The number of amides is 1. The number of benzene rings is 2. The van der Waals surface area contributed by atoms with E-state index in [1.165, 1.54) is 5.56 Å². The van der Waals surface area contributed by atoms with Crippen LogP contribution in [-0.2, 0) is 0 Å². The third-order valence-electron chi connectivity index (χ3n) is 4.75. The van der Waals surface area contributed by atoms with Crippen LogP contribution in [0.3, 0.4) is 0 Å². The van der Waals surface area contributed by atoms with Gasteiger partial charge in [-0.1, -0.05) is 18.2 Å². The lowest BCUT2D eigenvalue weighted by Crippen LogP contribution is -2.42. The summed E-state index contributed by atoms with van der Waals surface area (Å²) in [6, 6.07) is 14.2. The summed E-state index contributed by atoms with van der Waals surface area (Å²) in [7, 11) is 0. The quantitative estimate of drug-likeness (QED) is 0.774. The lowest BCUT2D eigenvalue weighted by Gasteiger charge is -2.23. The number of nitrogens with one attached hydrogen (secondary N) is 2. The molecule has 5 nitrogen and oxygen atoms in total. The zero-order valence-corrected chi connectivity index (χ0v) is 14.3. The second kappa shape index (κ2) is 6.69. The average molecular weight is 334 g/mol. The van der Waals surface area contributed by atoms with Crippen molar-refractivity contribution >= 4 is 16.8 Å². The van der Waals surface area contributed by atoms with Gasteiger partial charge in [-0.15, -0.1) is 0 Å². The maximum Gasteiger partial charge on any atom is 0.251 e. The van der Waals surface area contributed by atoms with Crippen molar-refractivity contribution in [3.63, 3.8) is 0 Å². The third-order valence-corrected chi connectivity index (χ3v) is 4.75. The summed E-state index contributed by atoms with van der Waals surface area (Å²) in [5, 5.41) is 12.0. The van der Waals surface area contributed by atoms with Crippen molar-refractivity contribution in [2.24, 2.45) is 0 Å². The lowest BCUT2D eigenvalue weighted by atomic mass is 10.1. The molecular weight excluding hydrogens is 312 g/mol. The molecule has 25 heavy (non-hydrogen) atoms. The van der Waals surface area contributed by atoms with Gasteiger partial charge in [-0.3, -0.25) is 4.79 Å². The van der Waals surface area contributed by atoms with E-state index in [0.29, 0.717) is 5.56 Å². The molecule has 0 atom stereocenters. The molecule has 0 spiro atoms. The number of aryl methyl sites for hydroxylation is 1. The summed E-state index contributed by atoms with van der Waals surface area (Å²) in [4.78, 5) is 12.6. The van der Waals surface area contributed by atoms with Crippen LogP contribution < -0.4 is 10.6 Å². The van der Waals surface area contributed by atoms with Gasteiger partial charge in [0.1, 0.15) is 0 Å². The van der Waals surface area contributed by atoms with Gasteiger partial charge in [0, 0.05) is 17.0 Å². The lowest BCUT2D eigenvalue weighted by molar-refractivity contribution is 0.0929. The largest absolute Gasteiger partial charge is 0.349 e. The molecule has 0 unspecified atom stereocenters. The first kappa shape index (κ1) is 15.8. The van der Waals surface area contributed by atoms with E-state index in [4.69, 9.17) is 0 Å². The van der Waals surface area contributed by atoms with E-state index in [0.717, 1.165) is 42.5 Å². The molecule has 0 bridgehead atoms. The Morgan fingerprint density at radius 2 is 2.04 bits per heavy atom. The summed E-state index contributed by atoms with van der Waals surface area (Å²) in [6.45, 7) is 3.99. The van der Waals surface area contributed by atoms with Gasteiger partial charge in [0.25, 0.3) is 5.91 Å². The fraction of sp³-hybridized carbons (Fsp3) is 0.300. The van der Waals surface area contributed by atoms with Crippen LogP contribution >= 0.6 is 0 Å². The molecule has 1 aliphatic heterocycles. The number of carbonyl (C=O) groups excluding carboxylic acids is 1. The van der Waals surface area contributed by atoms with Gasteiger partial charge in [0.15, 0.2) is 0 Å². The van der Waals surface area contributed by atoms with Crippen molar-refractivity contribution in [2.75, 3.05) is 13.1 Å². The Morgan fingerprint density at radius 1 is 1.20 bits per heavy atom. The zero-order valence-electron chi connectivity index (χ0n) is 14.3. The van der Waals surface area contributed by atoms with Crippen LogP contribution in [0.25, 0.3) is 16.6 Å². The predicted octanol–water partition coefficient (Wildman–Crippen LogP) is 2.82. The Bertz CT molecular complexity index is 909. The van der Waals surface area contributed by atoms with E-state index >= 15 is 0 Å². The Morgan fingerprint density at radius 3 is 2.84 bits per heavy atom. The van der Waals surface area contributed by atoms with Crippen molar-refractivity contribution in [2.45, 2.75) is 25.8 Å². The third kappa shape index (κ3) is 3.28. The van der Waals surface area contributed by atoms with Crippen molar-refractivity contribution in [1.29, 1.82) is 0 Å². The normalized spacial score (nSPS) is 15.4. The highest BCUT2D eigenvalue weighted by Crippen LogP contribution is 2.20. The van der Waals surface area contributed by atoms with Gasteiger partial charge >= 0.3 is 0 Å². The number of aromatic nitrogens is 2. The maximum absolute atomic E-state index is 12.6. The van der Waals surface area contributed by atoms with E-state index in [-0.39, 0.29) is 11.9 Å². The minimum absolute atomic E-state index is 0.00853. The monoisotopic (exact) mass is 334 g/mol. The molecule has 0 saturated carbocycles. The van der Waals surface area contributed by atoms with Gasteiger partial charge in [-0.2, -0.15) is 5.10 Å². The molecule has 0 aliphatic carbocycles. The molecule has 3 aromatic rings. The summed E-state index contributed by atoms with van der Waals surface area (Å²) < 4.78 is 1.89. The van der Waals surface area contributed by atoms with Gasteiger partial charge in [-0.05, 0) is 62.7 Å². The number of carbonyl (C=O) groups is 1. The molecule has 2 aromatic carbocycles. The number of rotatable bonds is 3. The maximum atomic E-state index is 12.6. The van der Waals surface area contributed by atoms with E-state index in [1.54, 1.807) is 0 Å². The zero-order chi connectivity index (χ0) is 17.2. The van der Waals surface area contributed by atoms with E-state index in [9.17, 15) is 4.79 Å². The Balaban J connectivity index is 1.65. The first-order valence-corrected chi connectivity index (χ1v) is 8.77. The highest BCUT2D eigenvalue weighted by atomic mass is 16.1. The SMILES string of the molecule is Cc1cccc(-n2ncc3ccc(C(=O)NC4CCNCC4)cc32)c1. The number of hydrogen-bond donors (Lipinski definition) is 2. The van der Waals surface area contributed by atoms with Crippen LogP contribution in [0.4, 0.5) is 0 Å². The molecule has 128 valence electrons. The van der Waals surface area contributed by atoms with E-state index < -0.39 is 0 Å². The van der Waals surface area contributed by atoms with E-state index in [2.05, 4.69) is 34.8 Å². The fourth-order valence-electron chi connectivity index (χ4n) is 3.36. The number of hydrogen-bond acceptors (Lipinski definition) is 3. The van der Waals surface area contributed by atoms with Crippen molar-refractivity contribution in [1.82, 2.24) is 20.4 Å². The van der Waals surface area contributed by atoms with Crippen molar-refractivity contribution < 1.29 is 4.79 Å². The minimum atomic E-state index is -0.00853. The summed E-state index contributed by atoms with van der Waals surface area (Å²) >= 11 is 0.